The molecule has 0 aliphatic carbocycles. The Morgan fingerprint density at radius 2 is 1.72 bits per heavy atom. The number of alkyl halides is 3. The summed E-state index contributed by atoms with van der Waals surface area (Å²) >= 11 is 0. The number of piperidine rings is 1. The summed E-state index contributed by atoms with van der Waals surface area (Å²) in [5.74, 6) is -1.29. The molecule has 12 heteroatoms. The van der Waals surface area contributed by atoms with E-state index in [1.165, 1.54) is 17.0 Å². The van der Waals surface area contributed by atoms with E-state index in [2.05, 4.69) is 15.5 Å². The van der Waals surface area contributed by atoms with Gasteiger partial charge in [0.2, 0.25) is 17.7 Å². The first-order valence-electron chi connectivity index (χ1n) is 15.2. The van der Waals surface area contributed by atoms with Crippen LogP contribution in [0.5, 0.6) is 0 Å². The summed E-state index contributed by atoms with van der Waals surface area (Å²) in [6.07, 6.45) is -3.41. The largest absolute Gasteiger partial charge is 0.416 e. The third kappa shape index (κ3) is 6.97. The van der Waals surface area contributed by atoms with Crippen LogP contribution in [0, 0.1) is 0 Å². The minimum Gasteiger partial charge on any atom is -0.379 e. The summed E-state index contributed by atoms with van der Waals surface area (Å²) in [5.41, 5.74) is 4.26. The van der Waals surface area contributed by atoms with E-state index in [0.717, 1.165) is 47.5 Å². The Hall–Kier alpha value is -4.55. The van der Waals surface area contributed by atoms with Gasteiger partial charge in [0.15, 0.2) is 0 Å². The number of anilines is 1. The van der Waals surface area contributed by atoms with Gasteiger partial charge in [0, 0.05) is 50.3 Å². The van der Waals surface area contributed by atoms with Crippen molar-refractivity contribution in [2.75, 3.05) is 31.6 Å². The van der Waals surface area contributed by atoms with Gasteiger partial charge in [-0.05, 0) is 71.0 Å². The summed E-state index contributed by atoms with van der Waals surface area (Å²) < 4.78 is 44.9. The molecular weight excluding hydrogens is 601 g/mol. The second-order valence-corrected chi connectivity index (χ2v) is 11.8. The highest BCUT2D eigenvalue weighted by molar-refractivity contribution is 6.05. The van der Waals surface area contributed by atoms with Crippen LogP contribution in [0.4, 0.5) is 18.9 Å². The van der Waals surface area contributed by atoms with Gasteiger partial charge in [0.1, 0.15) is 6.04 Å². The minimum absolute atomic E-state index is 0.156. The predicted octanol–water partition coefficient (Wildman–Crippen LogP) is 4.54. The second-order valence-electron chi connectivity index (χ2n) is 11.8. The number of amides is 4. The molecule has 4 amide bonds. The standard InChI is InChI=1S/C34H33F3N4O5/c35-34(36,37)25-6-4-22(5-7-25)27-9-8-26(18-24(27)19-40-13-15-46-16-14-40)38-30(42)11-2-21-1-3-23-20-41(33(45)28(23)17-21)29-10-12-31(43)39-32(29)44/h1,3-9,17-18,29H,2,10-16,19-20H2,(H,38,42)(H,39,43,44). The highest BCUT2D eigenvalue weighted by atomic mass is 19.4. The minimum atomic E-state index is -4.42. The van der Waals surface area contributed by atoms with Crippen LogP contribution in [-0.4, -0.2) is 65.8 Å². The molecule has 1 unspecified atom stereocenters. The molecule has 3 aromatic carbocycles. The predicted molar refractivity (Wildman–Crippen MR) is 162 cm³/mol. The molecule has 6 rings (SSSR count). The number of halogens is 3. The van der Waals surface area contributed by atoms with Crippen LogP contribution >= 0.6 is 0 Å². The quantitative estimate of drug-likeness (QED) is 0.353. The van der Waals surface area contributed by atoms with E-state index < -0.39 is 23.7 Å². The highest BCUT2D eigenvalue weighted by Gasteiger charge is 2.39. The lowest BCUT2D eigenvalue weighted by Gasteiger charge is -2.29. The van der Waals surface area contributed by atoms with Crippen molar-refractivity contribution in [2.24, 2.45) is 0 Å². The Kier molecular flexibility index (Phi) is 8.92. The molecule has 2 N–H and O–H groups in total. The fourth-order valence-corrected chi connectivity index (χ4v) is 6.16. The first-order chi connectivity index (χ1) is 22.0. The lowest BCUT2D eigenvalue weighted by molar-refractivity contribution is -0.138. The number of nitrogens with zero attached hydrogens (tertiary/aromatic N) is 2. The van der Waals surface area contributed by atoms with E-state index in [9.17, 15) is 32.3 Å². The molecule has 1 atom stereocenters. The summed E-state index contributed by atoms with van der Waals surface area (Å²) in [6.45, 7) is 3.46. The first-order valence-corrected chi connectivity index (χ1v) is 15.2. The molecule has 3 aromatic rings. The van der Waals surface area contributed by atoms with Crippen molar-refractivity contribution in [1.29, 1.82) is 0 Å². The number of morpholine rings is 1. The Morgan fingerprint density at radius 3 is 2.43 bits per heavy atom. The summed E-state index contributed by atoms with van der Waals surface area (Å²) in [5, 5.41) is 5.24. The number of imide groups is 1. The third-order valence-corrected chi connectivity index (χ3v) is 8.64. The zero-order valence-corrected chi connectivity index (χ0v) is 25.0. The summed E-state index contributed by atoms with van der Waals surface area (Å²) in [6, 6.07) is 15.3. The van der Waals surface area contributed by atoms with Crippen LogP contribution in [0.2, 0.25) is 0 Å². The molecule has 0 bridgehead atoms. The van der Waals surface area contributed by atoms with Gasteiger partial charge in [-0.15, -0.1) is 0 Å². The molecule has 3 heterocycles. The van der Waals surface area contributed by atoms with Crippen molar-refractivity contribution in [3.8, 4) is 11.1 Å². The van der Waals surface area contributed by atoms with Gasteiger partial charge in [0.05, 0.1) is 18.8 Å². The summed E-state index contributed by atoms with van der Waals surface area (Å²) in [7, 11) is 0. The van der Waals surface area contributed by atoms with Crippen LogP contribution in [0.25, 0.3) is 11.1 Å². The average molecular weight is 635 g/mol. The smallest absolute Gasteiger partial charge is 0.379 e. The highest BCUT2D eigenvalue weighted by Crippen LogP contribution is 2.33. The fraction of sp³-hybridized carbons (Fsp3) is 0.353. The molecule has 9 nitrogen and oxygen atoms in total. The first kappa shape index (κ1) is 31.4. The van der Waals surface area contributed by atoms with Gasteiger partial charge in [-0.2, -0.15) is 13.2 Å². The van der Waals surface area contributed by atoms with E-state index in [1.807, 2.05) is 24.3 Å². The maximum Gasteiger partial charge on any atom is 0.416 e. The molecule has 46 heavy (non-hydrogen) atoms. The molecule has 240 valence electrons. The van der Waals surface area contributed by atoms with Crippen LogP contribution in [0.1, 0.15) is 51.9 Å². The van der Waals surface area contributed by atoms with Crippen molar-refractivity contribution in [2.45, 2.75) is 51.0 Å². The van der Waals surface area contributed by atoms with Crippen molar-refractivity contribution in [3.63, 3.8) is 0 Å². The Bertz CT molecular complexity index is 1670. The molecule has 3 aliphatic heterocycles. The number of hydrogen-bond acceptors (Lipinski definition) is 6. The molecule has 0 spiro atoms. The molecule has 2 saturated heterocycles. The van der Waals surface area contributed by atoms with Gasteiger partial charge < -0.3 is 15.0 Å². The second kappa shape index (κ2) is 13.1. The Morgan fingerprint density at radius 1 is 0.957 bits per heavy atom. The van der Waals surface area contributed by atoms with Gasteiger partial charge in [-0.25, -0.2) is 0 Å². The van der Waals surface area contributed by atoms with E-state index in [0.29, 0.717) is 43.0 Å². The van der Waals surface area contributed by atoms with Gasteiger partial charge in [-0.3, -0.25) is 29.4 Å². The molecule has 3 aliphatic rings. The number of aryl methyl sites for hydroxylation is 1. The van der Waals surface area contributed by atoms with Crippen LogP contribution in [0.3, 0.4) is 0 Å². The lowest BCUT2D eigenvalue weighted by Crippen LogP contribution is -2.52. The number of hydrogen-bond donors (Lipinski definition) is 2. The monoisotopic (exact) mass is 634 g/mol. The zero-order chi connectivity index (χ0) is 32.4. The maximum absolute atomic E-state index is 13.1. The maximum atomic E-state index is 13.1. The fourth-order valence-electron chi connectivity index (χ4n) is 6.16. The van der Waals surface area contributed by atoms with Crippen molar-refractivity contribution >= 4 is 29.3 Å². The van der Waals surface area contributed by atoms with E-state index in [-0.39, 0.29) is 43.5 Å². The number of nitrogens with one attached hydrogen (secondary N) is 2. The number of ether oxygens (including phenoxy) is 1. The average Bonchev–Trinajstić information content (AvgIpc) is 3.35. The zero-order valence-electron chi connectivity index (χ0n) is 25.0. The lowest BCUT2D eigenvalue weighted by atomic mass is 9.97. The molecule has 0 saturated carbocycles. The normalized spacial score (nSPS) is 18.8. The van der Waals surface area contributed by atoms with Crippen molar-refractivity contribution in [3.05, 3.63) is 88.5 Å². The number of rotatable bonds is 8. The Labute approximate surface area is 263 Å². The SMILES string of the molecule is O=C1CCC(N2Cc3ccc(CCC(=O)Nc4ccc(-c5ccc(C(F)(F)F)cc5)c(CN5CCOCC5)c4)cc3C2=O)C(=O)N1. The number of carbonyl (C=O) groups is 4. The number of benzene rings is 3. The van der Waals surface area contributed by atoms with Crippen LogP contribution < -0.4 is 10.6 Å². The topological polar surface area (TPSA) is 108 Å². The van der Waals surface area contributed by atoms with Gasteiger partial charge in [-0.1, -0.05) is 30.3 Å². The van der Waals surface area contributed by atoms with Gasteiger partial charge >= 0.3 is 6.18 Å². The molecule has 0 aromatic heterocycles. The van der Waals surface area contributed by atoms with E-state index in [4.69, 9.17) is 4.74 Å². The van der Waals surface area contributed by atoms with E-state index >= 15 is 0 Å². The summed E-state index contributed by atoms with van der Waals surface area (Å²) in [4.78, 5) is 53.7. The third-order valence-electron chi connectivity index (χ3n) is 8.64. The number of fused-ring (bicyclic) bond motifs is 1. The van der Waals surface area contributed by atoms with Crippen LogP contribution in [0.15, 0.2) is 60.7 Å². The van der Waals surface area contributed by atoms with E-state index in [1.54, 1.807) is 12.1 Å². The molecule has 0 radical (unpaired) electrons. The van der Waals surface area contributed by atoms with Crippen molar-refractivity contribution < 1.29 is 37.1 Å². The molecule has 2 fully saturated rings. The molecular formula is C34H33F3N4O5. The van der Waals surface area contributed by atoms with Gasteiger partial charge in [0.25, 0.3) is 5.91 Å². The van der Waals surface area contributed by atoms with Crippen LogP contribution in [-0.2, 0) is 44.8 Å². The Balaban J connectivity index is 1.12. The number of carbonyl (C=O) groups excluding carboxylic acids is 4. The van der Waals surface area contributed by atoms with Crippen molar-refractivity contribution in [1.82, 2.24) is 15.1 Å².